The van der Waals surface area contributed by atoms with E-state index < -0.39 is 9.05 Å². The Labute approximate surface area is 122 Å². The maximum Gasteiger partial charge on any atom is 0.261 e. The SMILES string of the molecule is COC1CC(NC(=O)c2cc(S(=O)(=O)Cl)ccc2C)C1. The van der Waals surface area contributed by atoms with Gasteiger partial charge in [-0.1, -0.05) is 6.07 Å². The van der Waals surface area contributed by atoms with Gasteiger partial charge in [0.25, 0.3) is 15.0 Å². The second kappa shape index (κ2) is 5.71. The molecule has 1 aromatic rings. The normalized spacial score (nSPS) is 22.1. The third-order valence-electron chi connectivity index (χ3n) is 3.50. The molecule has 110 valence electrons. The number of nitrogens with one attached hydrogen (secondary N) is 1. The van der Waals surface area contributed by atoms with Crippen molar-refractivity contribution in [1.82, 2.24) is 5.32 Å². The molecule has 0 spiro atoms. The molecule has 0 atom stereocenters. The van der Waals surface area contributed by atoms with Crippen molar-refractivity contribution >= 4 is 25.6 Å². The average molecular weight is 318 g/mol. The van der Waals surface area contributed by atoms with Crippen LogP contribution in [0.15, 0.2) is 23.1 Å². The summed E-state index contributed by atoms with van der Waals surface area (Å²) in [7, 11) is 3.10. The average Bonchev–Trinajstić information content (AvgIpc) is 2.31. The van der Waals surface area contributed by atoms with Crippen molar-refractivity contribution in [3.8, 4) is 0 Å². The minimum absolute atomic E-state index is 0.0710. The van der Waals surface area contributed by atoms with E-state index >= 15 is 0 Å². The lowest BCUT2D eigenvalue weighted by atomic mass is 9.89. The zero-order valence-corrected chi connectivity index (χ0v) is 12.8. The van der Waals surface area contributed by atoms with Gasteiger partial charge in [0.1, 0.15) is 0 Å². The van der Waals surface area contributed by atoms with E-state index in [0.717, 1.165) is 12.8 Å². The summed E-state index contributed by atoms with van der Waals surface area (Å²) in [5.41, 5.74) is 1.03. The van der Waals surface area contributed by atoms with Gasteiger partial charge in [-0.15, -0.1) is 0 Å². The molecule has 0 heterocycles. The van der Waals surface area contributed by atoms with E-state index in [1.165, 1.54) is 12.1 Å². The van der Waals surface area contributed by atoms with Gasteiger partial charge < -0.3 is 10.1 Å². The second-order valence-corrected chi connectivity index (χ2v) is 7.48. The zero-order chi connectivity index (χ0) is 14.9. The summed E-state index contributed by atoms with van der Waals surface area (Å²) < 4.78 is 27.8. The molecule has 1 N–H and O–H groups in total. The van der Waals surface area contributed by atoms with E-state index in [1.807, 2.05) is 0 Å². The molecule has 0 unspecified atom stereocenters. The predicted molar refractivity (Wildman–Crippen MR) is 75.5 cm³/mol. The molecule has 1 amide bonds. The lowest BCUT2D eigenvalue weighted by Gasteiger charge is -2.34. The largest absolute Gasteiger partial charge is 0.381 e. The number of benzene rings is 1. The van der Waals surface area contributed by atoms with Gasteiger partial charge in [0.2, 0.25) is 0 Å². The van der Waals surface area contributed by atoms with Crippen molar-refractivity contribution in [2.45, 2.75) is 36.8 Å². The summed E-state index contributed by atoms with van der Waals surface area (Å²) in [6, 6.07) is 4.34. The molecule has 1 fully saturated rings. The van der Waals surface area contributed by atoms with Gasteiger partial charge in [-0.05, 0) is 37.5 Å². The molecular weight excluding hydrogens is 302 g/mol. The Kier molecular flexibility index (Phi) is 4.36. The van der Waals surface area contributed by atoms with Crippen LogP contribution in [0, 0.1) is 6.92 Å². The maximum atomic E-state index is 12.2. The Morgan fingerprint density at radius 1 is 1.40 bits per heavy atom. The number of carbonyl (C=O) groups is 1. The fraction of sp³-hybridized carbons (Fsp3) is 0.462. The predicted octanol–water partition coefficient (Wildman–Crippen LogP) is 1.83. The molecule has 2 rings (SSSR count). The maximum absolute atomic E-state index is 12.2. The van der Waals surface area contributed by atoms with Gasteiger partial charge in [-0.25, -0.2) is 8.42 Å². The van der Waals surface area contributed by atoms with Crippen LogP contribution in [-0.2, 0) is 13.8 Å². The minimum Gasteiger partial charge on any atom is -0.381 e. The summed E-state index contributed by atoms with van der Waals surface area (Å²) in [4.78, 5) is 12.1. The quantitative estimate of drug-likeness (QED) is 0.860. The molecule has 0 saturated heterocycles. The van der Waals surface area contributed by atoms with E-state index in [4.69, 9.17) is 15.4 Å². The number of methoxy groups -OCH3 is 1. The van der Waals surface area contributed by atoms with Gasteiger partial charge in [0.15, 0.2) is 0 Å². The molecule has 5 nitrogen and oxygen atoms in total. The molecule has 1 aliphatic carbocycles. The molecule has 1 aromatic carbocycles. The number of amides is 1. The first-order chi connectivity index (χ1) is 9.31. The highest BCUT2D eigenvalue weighted by atomic mass is 35.7. The van der Waals surface area contributed by atoms with Crippen LogP contribution in [0.2, 0.25) is 0 Å². The first-order valence-corrected chi connectivity index (χ1v) is 8.51. The Hall–Kier alpha value is -1.11. The molecular formula is C13H16ClNO4S. The highest BCUT2D eigenvalue weighted by Crippen LogP contribution is 2.24. The summed E-state index contributed by atoms with van der Waals surface area (Å²) in [6.45, 7) is 1.75. The van der Waals surface area contributed by atoms with E-state index in [-0.39, 0.29) is 22.9 Å². The monoisotopic (exact) mass is 317 g/mol. The van der Waals surface area contributed by atoms with Crippen molar-refractivity contribution in [2.75, 3.05) is 7.11 Å². The van der Waals surface area contributed by atoms with Gasteiger partial charge in [-0.3, -0.25) is 4.79 Å². The number of rotatable bonds is 4. The third-order valence-corrected chi connectivity index (χ3v) is 4.85. The van der Waals surface area contributed by atoms with Crippen molar-refractivity contribution in [2.24, 2.45) is 0 Å². The number of hydrogen-bond donors (Lipinski definition) is 1. The Bertz CT molecular complexity index is 623. The number of aryl methyl sites for hydroxylation is 1. The van der Waals surface area contributed by atoms with E-state index in [2.05, 4.69) is 5.32 Å². The smallest absolute Gasteiger partial charge is 0.261 e. The molecule has 0 aliphatic heterocycles. The summed E-state index contributed by atoms with van der Waals surface area (Å²) in [5, 5.41) is 2.86. The van der Waals surface area contributed by atoms with E-state index in [1.54, 1.807) is 20.1 Å². The lowest BCUT2D eigenvalue weighted by Crippen LogP contribution is -2.47. The van der Waals surface area contributed by atoms with Gasteiger partial charge in [-0.2, -0.15) is 0 Å². The van der Waals surface area contributed by atoms with Crippen molar-refractivity contribution in [3.63, 3.8) is 0 Å². The van der Waals surface area contributed by atoms with Crippen LogP contribution in [0.1, 0.15) is 28.8 Å². The fourth-order valence-corrected chi connectivity index (χ4v) is 2.91. The first kappa shape index (κ1) is 15.3. The molecule has 0 bridgehead atoms. The molecule has 20 heavy (non-hydrogen) atoms. The minimum atomic E-state index is -3.84. The molecule has 7 heteroatoms. The lowest BCUT2D eigenvalue weighted by molar-refractivity contribution is 0.0176. The van der Waals surface area contributed by atoms with E-state index in [0.29, 0.717) is 11.1 Å². The van der Waals surface area contributed by atoms with Crippen LogP contribution in [0.3, 0.4) is 0 Å². The molecule has 0 radical (unpaired) electrons. The number of ether oxygens (including phenoxy) is 1. The van der Waals surface area contributed by atoms with Crippen LogP contribution < -0.4 is 5.32 Å². The fourth-order valence-electron chi connectivity index (χ4n) is 2.14. The summed E-state index contributed by atoms with van der Waals surface area (Å²) in [5.74, 6) is -0.288. The standard InChI is InChI=1S/C13H16ClNO4S/c1-8-3-4-11(20(14,17)18)7-12(8)13(16)15-9-5-10(6-9)19-2/h3-4,7,9-10H,5-6H2,1-2H3,(H,15,16). The van der Waals surface area contributed by atoms with Gasteiger partial charge in [0, 0.05) is 29.4 Å². The Morgan fingerprint density at radius 3 is 2.60 bits per heavy atom. The summed E-state index contributed by atoms with van der Waals surface area (Å²) >= 11 is 0. The highest BCUT2D eigenvalue weighted by Gasteiger charge is 2.30. The molecule has 1 saturated carbocycles. The number of halogens is 1. The number of carbonyl (C=O) groups excluding carboxylic acids is 1. The van der Waals surface area contributed by atoms with Crippen molar-refractivity contribution < 1.29 is 17.9 Å². The number of hydrogen-bond acceptors (Lipinski definition) is 4. The van der Waals surface area contributed by atoms with Crippen LogP contribution in [0.4, 0.5) is 0 Å². The van der Waals surface area contributed by atoms with Crippen LogP contribution in [0.25, 0.3) is 0 Å². The van der Waals surface area contributed by atoms with Crippen LogP contribution in [0.5, 0.6) is 0 Å². The molecule has 0 aromatic heterocycles. The topological polar surface area (TPSA) is 72.5 Å². The zero-order valence-electron chi connectivity index (χ0n) is 11.2. The summed E-state index contributed by atoms with van der Waals surface area (Å²) in [6.07, 6.45) is 1.74. The van der Waals surface area contributed by atoms with Crippen molar-refractivity contribution in [3.05, 3.63) is 29.3 Å². The first-order valence-electron chi connectivity index (χ1n) is 6.20. The molecule has 1 aliphatic rings. The Morgan fingerprint density at radius 2 is 2.05 bits per heavy atom. The van der Waals surface area contributed by atoms with Gasteiger partial charge in [0.05, 0.1) is 11.0 Å². The van der Waals surface area contributed by atoms with Gasteiger partial charge >= 0.3 is 0 Å². The van der Waals surface area contributed by atoms with Crippen molar-refractivity contribution in [1.29, 1.82) is 0 Å². The second-order valence-electron chi connectivity index (χ2n) is 4.91. The third kappa shape index (κ3) is 3.31. The van der Waals surface area contributed by atoms with E-state index in [9.17, 15) is 13.2 Å². The van der Waals surface area contributed by atoms with Crippen LogP contribution >= 0.6 is 10.7 Å². The van der Waals surface area contributed by atoms with Crippen LogP contribution in [-0.4, -0.2) is 33.6 Å². The highest BCUT2D eigenvalue weighted by molar-refractivity contribution is 8.13. The Balaban J connectivity index is 2.14.